The topological polar surface area (TPSA) is 60.7 Å². The largest absolute Gasteiger partial charge is 0.459 e. The molecule has 0 atom stereocenters. The smallest absolute Gasteiger partial charge is 0.316 e. The molecule has 0 radical (unpaired) electrons. The summed E-state index contributed by atoms with van der Waals surface area (Å²) < 4.78 is 6.78. The summed E-state index contributed by atoms with van der Waals surface area (Å²) in [5, 5.41) is 0. The number of rotatable bonds is 5. The summed E-state index contributed by atoms with van der Waals surface area (Å²) in [6, 6.07) is 14.7. The van der Waals surface area contributed by atoms with E-state index in [-0.39, 0.29) is 23.9 Å². The van der Waals surface area contributed by atoms with Gasteiger partial charge in [0.1, 0.15) is 12.3 Å². The van der Waals surface area contributed by atoms with Crippen LogP contribution in [0.1, 0.15) is 17.0 Å². The number of pyridine rings is 1. The molecule has 0 spiro atoms. The van der Waals surface area contributed by atoms with Crippen molar-refractivity contribution in [2.75, 3.05) is 5.75 Å². The molecule has 0 saturated heterocycles. The maximum atomic E-state index is 12.2. The van der Waals surface area contributed by atoms with Gasteiger partial charge < -0.3 is 4.74 Å². The summed E-state index contributed by atoms with van der Waals surface area (Å²) in [5.74, 6) is -0.115. The Labute approximate surface area is 149 Å². The van der Waals surface area contributed by atoms with Crippen molar-refractivity contribution < 1.29 is 9.53 Å². The quantitative estimate of drug-likeness (QED) is 0.520. The van der Waals surface area contributed by atoms with Gasteiger partial charge in [0.25, 0.3) is 5.56 Å². The molecular formula is C19H18N2O3S. The van der Waals surface area contributed by atoms with Gasteiger partial charge in [0.05, 0.1) is 11.4 Å². The van der Waals surface area contributed by atoms with Crippen LogP contribution in [-0.2, 0) is 16.1 Å². The third-order valence-electron chi connectivity index (χ3n) is 3.75. The fourth-order valence-corrected chi connectivity index (χ4v) is 3.32. The number of fused-ring (bicyclic) bond motifs is 1. The van der Waals surface area contributed by atoms with Gasteiger partial charge >= 0.3 is 5.97 Å². The Morgan fingerprint density at radius 2 is 1.96 bits per heavy atom. The number of hydrogen-bond acceptors (Lipinski definition) is 5. The Bertz CT molecular complexity index is 982. The lowest BCUT2D eigenvalue weighted by Crippen LogP contribution is -2.18. The van der Waals surface area contributed by atoms with Crippen molar-refractivity contribution in [1.82, 2.24) is 9.38 Å². The van der Waals surface area contributed by atoms with Crippen LogP contribution in [0.15, 0.2) is 58.2 Å². The Kier molecular flexibility index (Phi) is 5.19. The van der Waals surface area contributed by atoms with Crippen molar-refractivity contribution in [2.45, 2.75) is 25.3 Å². The first-order valence-corrected chi connectivity index (χ1v) is 8.85. The summed E-state index contributed by atoms with van der Waals surface area (Å²) in [6.45, 7) is 3.84. The Hall–Kier alpha value is -2.60. The van der Waals surface area contributed by atoms with Crippen molar-refractivity contribution in [3.8, 4) is 0 Å². The minimum Gasteiger partial charge on any atom is -0.459 e. The van der Waals surface area contributed by atoms with E-state index in [9.17, 15) is 9.59 Å². The average Bonchev–Trinajstić information content (AvgIpc) is 2.59. The highest BCUT2D eigenvalue weighted by molar-refractivity contribution is 8.00. The molecule has 0 aliphatic rings. The highest BCUT2D eigenvalue weighted by Gasteiger charge is 2.09. The number of carbonyl (C=O) groups excluding carboxylic acids is 1. The van der Waals surface area contributed by atoms with Crippen molar-refractivity contribution in [2.24, 2.45) is 0 Å². The van der Waals surface area contributed by atoms with E-state index in [2.05, 4.69) is 4.98 Å². The van der Waals surface area contributed by atoms with Gasteiger partial charge in [-0.05, 0) is 37.6 Å². The van der Waals surface area contributed by atoms with Crippen molar-refractivity contribution in [1.29, 1.82) is 0 Å². The first-order valence-electron chi connectivity index (χ1n) is 7.87. The Morgan fingerprint density at radius 3 is 2.76 bits per heavy atom. The highest BCUT2D eigenvalue weighted by atomic mass is 32.2. The van der Waals surface area contributed by atoms with E-state index in [1.54, 1.807) is 6.07 Å². The van der Waals surface area contributed by atoms with E-state index in [0.717, 1.165) is 16.2 Å². The van der Waals surface area contributed by atoms with Crippen LogP contribution >= 0.6 is 11.8 Å². The molecule has 0 N–H and O–H groups in total. The van der Waals surface area contributed by atoms with Crippen molar-refractivity contribution in [3.63, 3.8) is 0 Å². The second-order valence-electron chi connectivity index (χ2n) is 5.66. The summed E-state index contributed by atoms with van der Waals surface area (Å²) >= 11 is 1.44. The second kappa shape index (κ2) is 7.53. The first kappa shape index (κ1) is 17.2. The molecule has 0 fully saturated rings. The summed E-state index contributed by atoms with van der Waals surface area (Å²) in [6.07, 6.45) is 0. The number of aromatic nitrogens is 2. The van der Waals surface area contributed by atoms with Gasteiger partial charge in [-0.15, -0.1) is 11.8 Å². The number of hydrogen-bond donors (Lipinski definition) is 0. The molecule has 128 valence electrons. The third-order valence-corrected chi connectivity index (χ3v) is 4.90. The highest BCUT2D eigenvalue weighted by Crippen LogP contribution is 2.21. The molecule has 0 aliphatic heterocycles. The third kappa shape index (κ3) is 4.09. The predicted octanol–water partition coefficient (Wildman–Crippen LogP) is 3.15. The first-order chi connectivity index (χ1) is 12.0. The summed E-state index contributed by atoms with van der Waals surface area (Å²) in [5.41, 5.74) is 2.76. The van der Waals surface area contributed by atoms with E-state index in [1.165, 1.54) is 22.2 Å². The van der Waals surface area contributed by atoms with Gasteiger partial charge in [-0.2, -0.15) is 0 Å². The number of nitrogens with zero attached hydrogens (tertiary/aromatic N) is 2. The Morgan fingerprint density at radius 1 is 1.16 bits per heavy atom. The van der Waals surface area contributed by atoms with Gasteiger partial charge in [-0.3, -0.25) is 14.0 Å². The SMILES string of the molecule is Cc1ccccc1SCC(=O)OCc1cc(=O)n2c(C)cccc2n1. The van der Waals surface area contributed by atoms with Crippen molar-refractivity contribution in [3.05, 3.63) is 75.8 Å². The lowest BCUT2D eigenvalue weighted by Gasteiger charge is -2.08. The molecule has 2 heterocycles. The van der Waals surface area contributed by atoms with E-state index in [0.29, 0.717) is 11.3 Å². The molecular weight excluding hydrogens is 336 g/mol. The molecule has 0 aliphatic carbocycles. The van der Waals surface area contributed by atoms with Crippen molar-refractivity contribution >= 4 is 23.4 Å². The number of esters is 1. The number of benzene rings is 1. The van der Waals surface area contributed by atoms with Gasteiger partial charge in [-0.25, -0.2) is 4.98 Å². The second-order valence-corrected chi connectivity index (χ2v) is 6.68. The molecule has 0 amide bonds. The molecule has 0 saturated carbocycles. The van der Waals surface area contributed by atoms with Gasteiger partial charge in [-0.1, -0.05) is 24.3 Å². The van der Waals surface area contributed by atoms with E-state index < -0.39 is 0 Å². The van der Waals surface area contributed by atoms with Crippen LogP contribution in [0, 0.1) is 13.8 Å². The standard InChI is InChI=1S/C19H18N2O3S/c1-13-6-3-4-8-16(13)25-12-19(23)24-11-15-10-18(22)21-14(2)7-5-9-17(21)20-15/h3-10H,11-12H2,1-2H3. The maximum absolute atomic E-state index is 12.2. The van der Waals surface area contributed by atoms with E-state index in [4.69, 9.17) is 4.74 Å². The number of ether oxygens (including phenoxy) is 1. The predicted molar refractivity (Wildman–Crippen MR) is 97.9 cm³/mol. The van der Waals surface area contributed by atoms with Crippen LogP contribution < -0.4 is 5.56 Å². The molecule has 5 nitrogen and oxygen atoms in total. The van der Waals surface area contributed by atoms with Crippen LogP contribution in [0.3, 0.4) is 0 Å². The lowest BCUT2D eigenvalue weighted by molar-refractivity contribution is -0.141. The van der Waals surface area contributed by atoms with Gasteiger partial charge in [0.15, 0.2) is 0 Å². The molecule has 1 aromatic carbocycles. The number of thioether (sulfide) groups is 1. The van der Waals surface area contributed by atoms with Gasteiger partial charge in [0.2, 0.25) is 0 Å². The van der Waals surface area contributed by atoms with Gasteiger partial charge in [0, 0.05) is 16.7 Å². The van der Waals surface area contributed by atoms with Crippen LogP contribution in [0.25, 0.3) is 5.65 Å². The van der Waals surface area contributed by atoms with Crippen LogP contribution in [0.4, 0.5) is 0 Å². The fraction of sp³-hybridized carbons (Fsp3) is 0.211. The molecule has 2 aromatic heterocycles. The molecule has 0 unspecified atom stereocenters. The fourth-order valence-electron chi connectivity index (χ4n) is 2.49. The zero-order valence-corrected chi connectivity index (χ0v) is 14.9. The van der Waals surface area contributed by atoms with Crippen LogP contribution in [0.2, 0.25) is 0 Å². The lowest BCUT2D eigenvalue weighted by atomic mass is 10.2. The molecule has 0 bridgehead atoms. The van der Waals surface area contributed by atoms with E-state index in [1.807, 2.05) is 50.2 Å². The average molecular weight is 354 g/mol. The van der Waals surface area contributed by atoms with E-state index >= 15 is 0 Å². The van der Waals surface area contributed by atoms with Crippen LogP contribution in [0.5, 0.6) is 0 Å². The number of carbonyl (C=O) groups is 1. The summed E-state index contributed by atoms with van der Waals surface area (Å²) in [7, 11) is 0. The molecule has 25 heavy (non-hydrogen) atoms. The Balaban J connectivity index is 1.63. The zero-order valence-electron chi connectivity index (χ0n) is 14.1. The summed E-state index contributed by atoms with van der Waals surface area (Å²) in [4.78, 5) is 29.6. The maximum Gasteiger partial charge on any atom is 0.316 e. The molecule has 6 heteroatoms. The zero-order chi connectivity index (χ0) is 17.8. The normalized spacial score (nSPS) is 10.8. The molecule has 3 aromatic rings. The molecule has 3 rings (SSSR count). The number of aryl methyl sites for hydroxylation is 2. The minimum absolute atomic E-state index is 0.00710. The minimum atomic E-state index is -0.334. The van der Waals surface area contributed by atoms with Crippen LogP contribution in [-0.4, -0.2) is 21.1 Å². The monoisotopic (exact) mass is 354 g/mol.